The van der Waals surface area contributed by atoms with Crippen molar-refractivity contribution in [3.8, 4) is 0 Å². The summed E-state index contributed by atoms with van der Waals surface area (Å²) in [6.45, 7) is 5.15. The van der Waals surface area contributed by atoms with Gasteiger partial charge in [-0.2, -0.15) is 13.2 Å². The van der Waals surface area contributed by atoms with Gasteiger partial charge in [-0.1, -0.05) is 12.1 Å². The van der Waals surface area contributed by atoms with E-state index >= 15 is 0 Å². The van der Waals surface area contributed by atoms with Crippen molar-refractivity contribution in [2.45, 2.75) is 39.0 Å². The number of carbonyl (C=O) groups is 4. The fraction of sp³-hybridized carbons (Fsp3) is 0.273. The molecule has 0 aliphatic carbocycles. The lowest BCUT2D eigenvalue weighted by Crippen LogP contribution is -2.45. The Balaban J connectivity index is 1.71. The third-order valence-electron chi connectivity index (χ3n) is 4.71. The number of alkyl halides is 3. The molecule has 4 amide bonds. The van der Waals surface area contributed by atoms with Crippen molar-refractivity contribution < 1.29 is 32.3 Å². The molecule has 1 aliphatic rings. The van der Waals surface area contributed by atoms with E-state index in [4.69, 9.17) is 0 Å². The van der Waals surface area contributed by atoms with Gasteiger partial charge in [-0.25, -0.2) is 0 Å². The number of hydrogen-bond acceptors (Lipinski definition) is 4. The van der Waals surface area contributed by atoms with Gasteiger partial charge in [0.05, 0.1) is 11.1 Å². The highest BCUT2D eigenvalue weighted by Gasteiger charge is 2.42. The molecular formula is C22H20F3N3O4. The number of anilines is 1. The highest BCUT2D eigenvalue weighted by atomic mass is 19.4. The van der Waals surface area contributed by atoms with Crippen molar-refractivity contribution >= 4 is 29.3 Å². The van der Waals surface area contributed by atoms with Crippen molar-refractivity contribution in [2.75, 3.05) is 5.32 Å². The van der Waals surface area contributed by atoms with Crippen molar-refractivity contribution in [1.29, 1.82) is 0 Å². The van der Waals surface area contributed by atoms with Crippen LogP contribution in [0.3, 0.4) is 0 Å². The number of fused-ring (bicyclic) bond motifs is 1. The lowest BCUT2D eigenvalue weighted by Gasteiger charge is -2.29. The van der Waals surface area contributed by atoms with Crippen LogP contribution in [0.5, 0.6) is 0 Å². The summed E-state index contributed by atoms with van der Waals surface area (Å²) in [4.78, 5) is 49.9. The summed E-state index contributed by atoms with van der Waals surface area (Å²) >= 11 is 0. The number of rotatable bonds is 4. The molecule has 0 bridgehead atoms. The van der Waals surface area contributed by atoms with Crippen molar-refractivity contribution in [3.05, 3.63) is 64.7 Å². The SMILES string of the molecule is CC(C)(C)N1C(=O)c2ccc(C(=O)NCc3cccc(NC(=O)C(F)(F)F)c3)cc2C1=O. The van der Waals surface area contributed by atoms with Gasteiger partial charge < -0.3 is 10.6 Å². The molecule has 2 aromatic carbocycles. The topological polar surface area (TPSA) is 95.6 Å². The number of carbonyl (C=O) groups excluding carboxylic acids is 4. The summed E-state index contributed by atoms with van der Waals surface area (Å²) in [5.74, 6) is -3.55. The van der Waals surface area contributed by atoms with Crippen LogP contribution in [-0.4, -0.2) is 40.2 Å². The van der Waals surface area contributed by atoms with Crippen LogP contribution in [0.2, 0.25) is 0 Å². The predicted molar refractivity (Wildman–Crippen MR) is 109 cm³/mol. The van der Waals surface area contributed by atoms with Crippen LogP contribution in [0.1, 0.15) is 57.4 Å². The van der Waals surface area contributed by atoms with Crippen molar-refractivity contribution in [1.82, 2.24) is 10.2 Å². The van der Waals surface area contributed by atoms with Crippen molar-refractivity contribution in [3.63, 3.8) is 0 Å². The van der Waals surface area contributed by atoms with Gasteiger partial charge in [-0.15, -0.1) is 0 Å². The Kier molecular flexibility index (Phi) is 5.82. The fourth-order valence-corrected chi connectivity index (χ4v) is 3.24. The first-order valence-electron chi connectivity index (χ1n) is 9.57. The summed E-state index contributed by atoms with van der Waals surface area (Å²) in [5.41, 5.74) is 0.168. The Morgan fingerprint density at radius 3 is 2.22 bits per heavy atom. The summed E-state index contributed by atoms with van der Waals surface area (Å²) in [5, 5.41) is 4.35. The number of hydrogen-bond donors (Lipinski definition) is 2. The normalized spacial score (nSPS) is 13.8. The van der Waals surface area contributed by atoms with Gasteiger partial charge in [0.25, 0.3) is 17.7 Å². The molecule has 0 aromatic heterocycles. The van der Waals surface area contributed by atoms with Gasteiger partial charge in [-0.3, -0.25) is 24.1 Å². The zero-order chi connectivity index (χ0) is 23.8. The van der Waals surface area contributed by atoms with Crippen LogP contribution in [0.15, 0.2) is 42.5 Å². The fourth-order valence-electron chi connectivity index (χ4n) is 3.24. The number of benzene rings is 2. The molecule has 0 unspecified atom stereocenters. The molecule has 0 saturated carbocycles. The van der Waals surface area contributed by atoms with E-state index in [1.54, 1.807) is 32.2 Å². The van der Waals surface area contributed by atoms with E-state index in [-0.39, 0.29) is 28.9 Å². The Morgan fingerprint density at radius 1 is 0.938 bits per heavy atom. The van der Waals surface area contributed by atoms with Crippen LogP contribution in [0.4, 0.5) is 18.9 Å². The molecule has 1 aliphatic heterocycles. The predicted octanol–water partition coefficient (Wildman–Crippen LogP) is 3.51. The van der Waals surface area contributed by atoms with E-state index in [1.165, 1.54) is 36.4 Å². The second kappa shape index (κ2) is 8.10. The Labute approximate surface area is 181 Å². The molecule has 168 valence electrons. The molecule has 0 atom stereocenters. The lowest BCUT2D eigenvalue weighted by atomic mass is 10.1. The molecule has 0 saturated heterocycles. The second-order valence-electron chi connectivity index (χ2n) is 8.21. The summed E-state index contributed by atoms with van der Waals surface area (Å²) in [6, 6.07) is 9.78. The van der Waals surface area contributed by atoms with Gasteiger partial charge >= 0.3 is 12.1 Å². The first kappa shape index (κ1) is 23.0. The third kappa shape index (κ3) is 4.63. The van der Waals surface area contributed by atoms with E-state index < -0.39 is 35.3 Å². The standard InChI is InChI=1S/C22H20F3N3O4/c1-21(2,3)28-18(30)15-8-7-13(10-16(15)19(28)31)17(29)26-11-12-5-4-6-14(9-12)27-20(32)22(23,24)25/h4-10H,11H2,1-3H3,(H,26,29)(H,27,32). The zero-order valence-corrected chi connectivity index (χ0v) is 17.5. The quantitative estimate of drug-likeness (QED) is 0.702. The van der Waals surface area contributed by atoms with E-state index in [2.05, 4.69) is 5.32 Å². The van der Waals surface area contributed by atoms with E-state index in [1.807, 2.05) is 0 Å². The second-order valence-corrected chi connectivity index (χ2v) is 8.21. The third-order valence-corrected chi connectivity index (χ3v) is 4.71. The maximum Gasteiger partial charge on any atom is 0.471 e. The number of nitrogens with one attached hydrogen (secondary N) is 2. The largest absolute Gasteiger partial charge is 0.471 e. The molecule has 7 nitrogen and oxygen atoms in total. The Bertz CT molecular complexity index is 1120. The van der Waals surface area contributed by atoms with Gasteiger partial charge in [-0.05, 0) is 56.7 Å². The molecule has 3 rings (SSSR count). The first-order valence-corrected chi connectivity index (χ1v) is 9.57. The van der Waals surface area contributed by atoms with E-state index in [9.17, 15) is 32.3 Å². The van der Waals surface area contributed by atoms with Gasteiger partial charge in [0, 0.05) is 23.3 Å². The monoisotopic (exact) mass is 447 g/mol. The van der Waals surface area contributed by atoms with Gasteiger partial charge in [0.2, 0.25) is 0 Å². The minimum Gasteiger partial charge on any atom is -0.348 e. The first-order chi connectivity index (χ1) is 14.8. The molecule has 0 spiro atoms. The molecular weight excluding hydrogens is 427 g/mol. The molecule has 1 heterocycles. The molecule has 2 aromatic rings. The smallest absolute Gasteiger partial charge is 0.348 e. The lowest BCUT2D eigenvalue weighted by molar-refractivity contribution is -0.167. The number of amides is 4. The number of halogens is 3. The van der Waals surface area contributed by atoms with E-state index in [0.29, 0.717) is 5.56 Å². The zero-order valence-electron chi connectivity index (χ0n) is 17.5. The molecule has 0 radical (unpaired) electrons. The number of imide groups is 1. The average molecular weight is 447 g/mol. The van der Waals surface area contributed by atoms with Gasteiger partial charge in [0.15, 0.2) is 0 Å². The Hall–Kier alpha value is -3.69. The van der Waals surface area contributed by atoms with Gasteiger partial charge in [0.1, 0.15) is 0 Å². The van der Waals surface area contributed by atoms with E-state index in [0.717, 1.165) is 4.90 Å². The molecule has 10 heteroatoms. The van der Waals surface area contributed by atoms with Crippen LogP contribution in [0, 0.1) is 0 Å². The summed E-state index contributed by atoms with van der Waals surface area (Å²) in [7, 11) is 0. The molecule has 0 fully saturated rings. The summed E-state index contributed by atoms with van der Waals surface area (Å²) in [6.07, 6.45) is -5.01. The maximum atomic E-state index is 12.7. The van der Waals surface area contributed by atoms with Crippen LogP contribution < -0.4 is 10.6 Å². The maximum absolute atomic E-state index is 12.7. The van der Waals surface area contributed by atoms with Crippen LogP contribution in [0.25, 0.3) is 0 Å². The molecule has 32 heavy (non-hydrogen) atoms. The van der Waals surface area contributed by atoms with Crippen LogP contribution in [-0.2, 0) is 11.3 Å². The highest BCUT2D eigenvalue weighted by molar-refractivity contribution is 6.22. The van der Waals surface area contributed by atoms with Crippen molar-refractivity contribution in [2.24, 2.45) is 0 Å². The highest BCUT2D eigenvalue weighted by Crippen LogP contribution is 2.30. The Morgan fingerprint density at radius 2 is 1.59 bits per heavy atom. The number of nitrogens with zero attached hydrogens (tertiary/aromatic N) is 1. The van der Waals surface area contributed by atoms with Crippen LogP contribution >= 0.6 is 0 Å². The molecule has 2 N–H and O–H groups in total. The summed E-state index contributed by atoms with van der Waals surface area (Å²) < 4.78 is 37.2. The minimum absolute atomic E-state index is 0.0351. The average Bonchev–Trinajstić information content (AvgIpc) is 2.95. The minimum atomic E-state index is -5.01.